The van der Waals surface area contributed by atoms with Crippen molar-refractivity contribution in [3.05, 3.63) is 11.3 Å². The number of ether oxygens (including phenoxy) is 1. The van der Waals surface area contributed by atoms with E-state index in [1.54, 1.807) is 0 Å². The van der Waals surface area contributed by atoms with Gasteiger partial charge in [-0.05, 0) is 64.5 Å². The molecule has 0 saturated carbocycles. The van der Waals surface area contributed by atoms with E-state index in [1.165, 1.54) is 62.9 Å². The topological polar surface area (TPSA) is 53.5 Å². The van der Waals surface area contributed by atoms with Gasteiger partial charge in [-0.25, -0.2) is 0 Å². The highest BCUT2D eigenvalue weighted by atomic mass is 16.5. The summed E-state index contributed by atoms with van der Waals surface area (Å²) in [6, 6.07) is 1.82. The van der Waals surface area contributed by atoms with E-state index in [0.29, 0.717) is 18.1 Å². The SMILES string of the molecule is CCc1nc(OCC23CCCN2CCC3)nc(N2CC3CCC(C2)N3)c1CC. The van der Waals surface area contributed by atoms with E-state index < -0.39 is 0 Å². The van der Waals surface area contributed by atoms with Crippen molar-refractivity contribution in [2.75, 3.05) is 37.7 Å². The Bertz CT molecular complexity index is 701. The molecule has 5 rings (SSSR count). The first kappa shape index (κ1) is 18.6. The van der Waals surface area contributed by atoms with Gasteiger partial charge in [-0.2, -0.15) is 9.97 Å². The van der Waals surface area contributed by atoms with Crippen LogP contribution in [0.5, 0.6) is 6.01 Å². The van der Waals surface area contributed by atoms with Crippen molar-refractivity contribution < 1.29 is 4.74 Å². The normalized spacial score (nSPS) is 28.7. The number of anilines is 1. The van der Waals surface area contributed by atoms with Gasteiger partial charge in [0.2, 0.25) is 0 Å². The molecule has 1 aromatic rings. The fraction of sp³-hybridized carbons (Fsp3) is 0.818. The molecular weight excluding hydrogens is 350 g/mol. The Morgan fingerprint density at radius 3 is 2.39 bits per heavy atom. The summed E-state index contributed by atoms with van der Waals surface area (Å²) in [5.41, 5.74) is 2.73. The predicted octanol–water partition coefficient (Wildman–Crippen LogP) is 2.55. The van der Waals surface area contributed by atoms with Crippen molar-refractivity contribution in [2.45, 2.75) is 82.8 Å². The number of aromatic nitrogens is 2. The molecule has 0 amide bonds. The van der Waals surface area contributed by atoms with Crippen LogP contribution in [-0.2, 0) is 12.8 Å². The molecular formula is C22H35N5O. The van der Waals surface area contributed by atoms with Crippen LogP contribution in [0.2, 0.25) is 0 Å². The molecule has 0 radical (unpaired) electrons. The number of nitrogens with zero attached hydrogens (tertiary/aromatic N) is 4. The third-order valence-electron chi connectivity index (χ3n) is 7.54. The standard InChI is InChI=1S/C22H35N5O/c1-3-18-19(4-2)24-21(28-15-22-9-5-11-27(22)12-6-10-22)25-20(18)26-13-16-7-8-17(14-26)23-16/h16-17,23H,3-15H2,1-2H3. The van der Waals surface area contributed by atoms with Crippen LogP contribution in [0.15, 0.2) is 0 Å². The molecule has 1 aromatic heterocycles. The third kappa shape index (κ3) is 3.18. The van der Waals surface area contributed by atoms with E-state index in [-0.39, 0.29) is 5.54 Å². The Labute approximate surface area is 169 Å². The van der Waals surface area contributed by atoms with Gasteiger partial charge < -0.3 is 15.0 Å². The van der Waals surface area contributed by atoms with Crippen LogP contribution in [0.4, 0.5) is 5.82 Å². The van der Waals surface area contributed by atoms with E-state index in [4.69, 9.17) is 14.7 Å². The highest BCUT2D eigenvalue weighted by Gasteiger charge is 2.45. The number of fused-ring (bicyclic) bond motifs is 3. The molecule has 6 nitrogen and oxygen atoms in total. The quantitative estimate of drug-likeness (QED) is 0.812. The second-order valence-electron chi connectivity index (χ2n) is 9.21. The molecule has 4 aliphatic rings. The summed E-state index contributed by atoms with van der Waals surface area (Å²) in [5, 5.41) is 3.74. The van der Waals surface area contributed by atoms with E-state index in [0.717, 1.165) is 38.4 Å². The van der Waals surface area contributed by atoms with Crippen molar-refractivity contribution in [3.63, 3.8) is 0 Å². The maximum Gasteiger partial charge on any atom is 0.318 e. The van der Waals surface area contributed by atoms with Crippen molar-refractivity contribution in [2.24, 2.45) is 0 Å². The lowest BCUT2D eigenvalue weighted by Gasteiger charge is -2.35. The van der Waals surface area contributed by atoms with Crippen molar-refractivity contribution in [3.8, 4) is 6.01 Å². The Morgan fingerprint density at radius 2 is 1.75 bits per heavy atom. The molecule has 2 unspecified atom stereocenters. The van der Waals surface area contributed by atoms with E-state index in [2.05, 4.69) is 29.0 Å². The van der Waals surface area contributed by atoms with Crippen LogP contribution in [0.3, 0.4) is 0 Å². The number of hydrogen-bond acceptors (Lipinski definition) is 6. The summed E-state index contributed by atoms with van der Waals surface area (Å²) >= 11 is 0. The smallest absolute Gasteiger partial charge is 0.318 e. The highest BCUT2D eigenvalue weighted by molar-refractivity contribution is 5.51. The summed E-state index contributed by atoms with van der Waals surface area (Å²) in [7, 11) is 0. The largest absolute Gasteiger partial charge is 0.461 e. The molecule has 5 heterocycles. The summed E-state index contributed by atoms with van der Waals surface area (Å²) in [4.78, 5) is 15.0. The van der Waals surface area contributed by atoms with Crippen LogP contribution in [0.25, 0.3) is 0 Å². The van der Waals surface area contributed by atoms with Gasteiger partial charge in [0.15, 0.2) is 0 Å². The minimum absolute atomic E-state index is 0.244. The van der Waals surface area contributed by atoms with Gasteiger partial charge in [0.05, 0.1) is 11.2 Å². The number of rotatable bonds is 6. The van der Waals surface area contributed by atoms with Crippen LogP contribution < -0.4 is 15.0 Å². The lowest BCUT2D eigenvalue weighted by molar-refractivity contribution is 0.107. The first-order chi connectivity index (χ1) is 13.7. The fourth-order valence-electron chi connectivity index (χ4n) is 6.11. The van der Waals surface area contributed by atoms with Crippen molar-refractivity contribution in [1.82, 2.24) is 20.2 Å². The molecule has 0 aromatic carbocycles. The molecule has 4 aliphatic heterocycles. The van der Waals surface area contributed by atoms with Crippen LogP contribution in [0.1, 0.15) is 63.6 Å². The van der Waals surface area contributed by atoms with Gasteiger partial charge in [0.25, 0.3) is 0 Å². The van der Waals surface area contributed by atoms with Gasteiger partial charge in [-0.1, -0.05) is 13.8 Å². The Morgan fingerprint density at radius 1 is 1.04 bits per heavy atom. The third-order valence-corrected chi connectivity index (χ3v) is 7.54. The average Bonchev–Trinajstić information content (AvgIpc) is 3.39. The Hall–Kier alpha value is -1.40. The number of aryl methyl sites for hydroxylation is 1. The first-order valence-electron chi connectivity index (χ1n) is 11.5. The maximum absolute atomic E-state index is 6.33. The zero-order chi connectivity index (χ0) is 19.1. The molecule has 1 N–H and O–H groups in total. The molecule has 0 aliphatic carbocycles. The predicted molar refractivity (Wildman–Crippen MR) is 111 cm³/mol. The molecule has 154 valence electrons. The molecule has 2 atom stereocenters. The van der Waals surface area contributed by atoms with Crippen molar-refractivity contribution >= 4 is 5.82 Å². The second-order valence-corrected chi connectivity index (χ2v) is 9.21. The number of nitrogens with one attached hydrogen (secondary N) is 1. The highest BCUT2D eigenvalue weighted by Crippen LogP contribution is 2.39. The first-order valence-corrected chi connectivity index (χ1v) is 11.5. The molecule has 4 saturated heterocycles. The summed E-state index contributed by atoms with van der Waals surface area (Å²) < 4.78 is 6.33. The lowest BCUT2D eigenvalue weighted by Crippen LogP contribution is -2.51. The molecule has 6 heteroatoms. The summed E-state index contributed by atoms with van der Waals surface area (Å²) in [6.07, 6.45) is 9.61. The molecule has 2 bridgehead atoms. The van der Waals surface area contributed by atoms with E-state index in [9.17, 15) is 0 Å². The Balaban J connectivity index is 1.40. The second kappa shape index (κ2) is 7.45. The zero-order valence-corrected chi connectivity index (χ0v) is 17.5. The Kier molecular flexibility index (Phi) is 4.95. The minimum atomic E-state index is 0.244. The molecule has 4 fully saturated rings. The number of piperazine rings is 1. The van der Waals surface area contributed by atoms with Crippen LogP contribution >= 0.6 is 0 Å². The fourth-order valence-corrected chi connectivity index (χ4v) is 6.11. The summed E-state index contributed by atoms with van der Waals surface area (Å²) in [6.45, 7) is 9.75. The monoisotopic (exact) mass is 385 g/mol. The maximum atomic E-state index is 6.33. The van der Waals surface area contributed by atoms with Gasteiger partial charge in [0.1, 0.15) is 12.4 Å². The average molecular weight is 386 g/mol. The van der Waals surface area contributed by atoms with Gasteiger partial charge >= 0.3 is 6.01 Å². The van der Waals surface area contributed by atoms with Crippen LogP contribution in [0, 0.1) is 0 Å². The molecule has 28 heavy (non-hydrogen) atoms. The molecule has 0 spiro atoms. The minimum Gasteiger partial charge on any atom is -0.461 e. The van der Waals surface area contributed by atoms with E-state index in [1.807, 2.05) is 0 Å². The zero-order valence-electron chi connectivity index (χ0n) is 17.5. The van der Waals surface area contributed by atoms with E-state index >= 15 is 0 Å². The van der Waals surface area contributed by atoms with Gasteiger partial charge in [0, 0.05) is 30.7 Å². The van der Waals surface area contributed by atoms with Crippen molar-refractivity contribution in [1.29, 1.82) is 0 Å². The van der Waals surface area contributed by atoms with Crippen LogP contribution in [-0.4, -0.2) is 65.3 Å². The van der Waals surface area contributed by atoms with Gasteiger partial charge in [-0.15, -0.1) is 0 Å². The number of hydrogen-bond donors (Lipinski definition) is 1. The lowest BCUT2D eigenvalue weighted by atomic mass is 9.95. The van der Waals surface area contributed by atoms with Gasteiger partial charge in [-0.3, -0.25) is 4.90 Å². The summed E-state index contributed by atoms with van der Waals surface area (Å²) in [5.74, 6) is 1.13.